The Morgan fingerprint density at radius 3 is 2.87 bits per heavy atom. The molecular formula is C11H18N2O2. The van der Waals surface area contributed by atoms with Crippen LogP contribution in [0, 0.1) is 0 Å². The van der Waals surface area contributed by atoms with Crippen LogP contribution < -0.4 is 10.6 Å². The number of urea groups is 1. The molecule has 4 heteroatoms. The maximum atomic E-state index is 11.1. The highest BCUT2D eigenvalue weighted by molar-refractivity contribution is 5.73. The van der Waals surface area contributed by atoms with E-state index in [4.69, 9.17) is 4.42 Å². The van der Waals surface area contributed by atoms with Gasteiger partial charge in [0.05, 0.1) is 6.26 Å². The minimum atomic E-state index is -0.0868. The van der Waals surface area contributed by atoms with Crippen molar-refractivity contribution >= 4 is 6.03 Å². The molecule has 0 aliphatic rings. The number of amides is 2. The molecule has 2 N–H and O–H groups in total. The van der Waals surface area contributed by atoms with Gasteiger partial charge in [0.15, 0.2) is 0 Å². The van der Waals surface area contributed by atoms with E-state index >= 15 is 0 Å². The van der Waals surface area contributed by atoms with E-state index in [1.807, 2.05) is 19.1 Å². The van der Waals surface area contributed by atoms with Crippen LogP contribution in [0.2, 0.25) is 0 Å². The lowest BCUT2D eigenvalue weighted by Crippen LogP contribution is -2.36. The number of rotatable bonds is 6. The maximum absolute atomic E-state index is 11.1. The molecule has 0 saturated heterocycles. The Hall–Kier alpha value is -1.45. The Labute approximate surface area is 90.0 Å². The summed E-state index contributed by atoms with van der Waals surface area (Å²) < 4.78 is 5.18. The lowest BCUT2D eigenvalue weighted by Gasteiger charge is -2.05. The van der Waals surface area contributed by atoms with Gasteiger partial charge in [-0.05, 0) is 25.0 Å². The van der Waals surface area contributed by atoms with E-state index in [0.29, 0.717) is 6.54 Å². The van der Waals surface area contributed by atoms with E-state index in [2.05, 4.69) is 10.6 Å². The fraction of sp³-hybridized carbons (Fsp3) is 0.545. The fourth-order valence-corrected chi connectivity index (χ4v) is 1.22. The molecule has 0 aromatic carbocycles. The van der Waals surface area contributed by atoms with Crippen LogP contribution >= 0.6 is 0 Å². The van der Waals surface area contributed by atoms with E-state index in [1.54, 1.807) is 6.26 Å². The summed E-state index contributed by atoms with van der Waals surface area (Å²) in [4.78, 5) is 11.1. The van der Waals surface area contributed by atoms with Crippen molar-refractivity contribution in [2.24, 2.45) is 0 Å². The van der Waals surface area contributed by atoms with Gasteiger partial charge in [-0.15, -0.1) is 0 Å². The van der Waals surface area contributed by atoms with Gasteiger partial charge >= 0.3 is 6.03 Å². The largest absolute Gasteiger partial charge is 0.469 e. The SMILES string of the molecule is CCCNC(=O)NCCCc1ccco1. The number of aryl methyl sites for hydroxylation is 1. The first-order chi connectivity index (χ1) is 7.33. The van der Waals surface area contributed by atoms with Gasteiger partial charge in [0.25, 0.3) is 0 Å². The monoisotopic (exact) mass is 210 g/mol. The zero-order chi connectivity index (χ0) is 10.9. The summed E-state index contributed by atoms with van der Waals surface area (Å²) in [7, 11) is 0. The van der Waals surface area contributed by atoms with Crippen molar-refractivity contribution in [2.45, 2.75) is 26.2 Å². The number of hydrogen-bond acceptors (Lipinski definition) is 2. The smallest absolute Gasteiger partial charge is 0.314 e. The fourth-order valence-electron chi connectivity index (χ4n) is 1.22. The molecule has 0 aliphatic heterocycles. The van der Waals surface area contributed by atoms with Gasteiger partial charge in [-0.1, -0.05) is 6.92 Å². The van der Waals surface area contributed by atoms with Crippen LogP contribution in [0.1, 0.15) is 25.5 Å². The van der Waals surface area contributed by atoms with Gasteiger partial charge in [0, 0.05) is 19.5 Å². The predicted octanol–water partition coefficient (Wildman–Crippen LogP) is 1.92. The molecule has 1 aromatic rings. The lowest BCUT2D eigenvalue weighted by molar-refractivity contribution is 0.240. The third kappa shape index (κ3) is 5.10. The molecule has 0 unspecified atom stereocenters. The Balaban J connectivity index is 1.99. The van der Waals surface area contributed by atoms with Gasteiger partial charge in [-0.2, -0.15) is 0 Å². The topological polar surface area (TPSA) is 54.3 Å². The van der Waals surface area contributed by atoms with Gasteiger partial charge in [0.1, 0.15) is 5.76 Å². The average Bonchev–Trinajstić information content (AvgIpc) is 2.74. The number of furan rings is 1. The molecule has 84 valence electrons. The number of hydrogen-bond donors (Lipinski definition) is 2. The first-order valence-corrected chi connectivity index (χ1v) is 5.37. The van der Waals surface area contributed by atoms with Crippen LogP contribution in [-0.4, -0.2) is 19.1 Å². The number of carbonyl (C=O) groups excluding carboxylic acids is 1. The molecular weight excluding hydrogens is 192 g/mol. The summed E-state index contributed by atoms with van der Waals surface area (Å²) in [6, 6.07) is 3.73. The zero-order valence-corrected chi connectivity index (χ0v) is 9.08. The second-order valence-corrected chi connectivity index (χ2v) is 3.37. The normalized spacial score (nSPS) is 9.93. The average molecular weight is 210 g/mol. The Bertz CT molecular complexity index is 270. The highest BCUT2D eigenvalue weighted by Crippen LogP contribution is 2.02. The molecule has 0 spiro atoms. The number of carbonyl (C=O) groups is 1. The van der Waals surface area contributed by atoms with E-state index in [0.717, 1.165) is 31.6 Å². The second-order valence-electron chi connectivity index (χ2n) is 3.37. The summed E-state index contributed by atoms with van der Waals surface area (Å²) in [6.07, 6.45) is 4.38. The molecule has 1 rings (SSSR count). The van der Waals surface area contributed by atoms with Crippen molar-refractivity contribution in [2.75, 3.05) is 13.1 Å². The minimum Gasteiger partial charge on any atom is -0.469 e. The summed E-state index contributed by atoms with van der Waals surface area (Å²) in [5, 5.41) is 5.54. The second kappa shape index (κ2) is 6.92. The van der Waals surface area contributed by atoms with Crippen molar-refractivity contribution in [3.8, 4) is 0 Å². The zero-order valence-electron chi connectivity index (χ0n) is 9.08. The molecule has 1 aromatic heterocycles. The summed E-state index contributed by atoms with van der Waals surface area (Å²) >= 11 is 0. The van der Waals surface area contributed by atoms with E-state index < -0.39 is 0 Å². The van der Waals surface area contributed by atoms with Crippen molar-refractivity contribution in [1.82, 2.24) is 10.6 Å². The molecule has 2 amide bonds. The van der Waals surface area contributed by atoms with E-state index in [9.17, 15) is 4.79 Å². The lowest BCUT2D eigenvalue weighted by atomic mass is 10.2. The van der Waals surface area contributed by atoms with Crippen LogP contribution in [0.4, 0.5) is 4.79 Å². The standard InChI is InChI=1S/C11H18N2O2/c1-2-7-12-11(14)13-8-3-5-10-6-4-9-15-10/h4,6,9H,2-3,5,7-8H2,1H3,(H2,12,13,14). The third-order valence-electron chi connectivity index (χ3n) is 2.00. The highest BCUT2D eigenvalue weighted by atomic mass is 16.3. The molecule has 0 atom stereocenters. The van der Waals surface area contributed by atoms with Crippen LogP contribution in [0.5, 0.6) is 0 Å². The van der Waals surface area contributed by atoms with Crippen LogP contribution in [0.15, 0.2) is 22.8 Å². The van der Waals surface area contributed by atoms with Gasteiger partial charge in [0.2, 0.25) is 0 Å². The molecule has 0 aliphatic carbocycles. The molecule has 0 fully saturated rings. The highest BCUT2D eigenvalue weighted by Gasteiger charge is 1.98. The Kier molecular flexibility index (Phi) is 5.37. The minimum absolute atomic E-state index is 0.0868. The number of nitrogens with one attached hydrogen (secondary N) is 2. The van der Waals surface area contributed by atoms with Crippen LogP contribution in [-0.2, 0) is 6.42 Å². The van der Waals surface area contributed by atoms with Gasteiger partial charge in [-0.25, -0.2) is 4.79 Å². The van der Waals surface area contributed by atoms with E-state index in [1.165, 1.54) is 0 Å². The van der Waals surface area contributed by atoms with Crippen molar-refractivity contribution in [3.63, 3.8) is 0 Å². The molecule has 1 heterocycles. The Morgan fingerprint density at radius 1 is 1.40 bits per heavy atom. The van der Waals surface area contributed by atoms with Crippen molar-refractivity contribution in [3.05, 3.63) is 24.2 Å². The molecule has 0 bridgehead atoms. The summed E-state index contributed by atoms with van der Waals surface area (Å²) in [5.74, 6) is 0.964. The molecule has 0 saturated carbocycles. The summed E-state index contributed by atoms with van der Waals surface area (Å²) in [6.45, 7) is 3.43. The van der Waals surface area contributed by atoms with Crippen LogP contribution in [0.3, 0.4) is 0 Å². The molecule has 0 radical (unpaired) electrons. The third-order valence-corrected chi connectivity index (χ3v) is 2.00. The quantitative estimate of drug-likeness (QED) is 0.705. The Morgan fingerprint density at radius 2 is 2.20 bits per heavy atom. The van der Waals surface area contributed by atoms with Crippen molar-refractivity contribution < 1.29 is 9.21 Å². The molecule has 4 nitrogen and oxygen atoms in total. The van der Waals surface area contributed by atoms with E-state index in [-0.39, 0.29) is 6.03 Å². The first kappa shape index (κ1) is 11.6. The maximum Gasteiger partial charge on any atom is 0.314 e. The first-order valence-electron chi connectivity index (χ1n) is 5.37. The van der Waals surface area contributed by atoms with Crippen molar-refractivity contribution in [1.29, 1.82) is 0 Å². The van der Waals surface area contributed by atoms with Gasteiger partial charge < -0.3 is 15.1 Å². The predicted molar refractivity (Wildman–Crippen MR) is 58.7 cm³/mol. The molecule has 15 heavy (non-hydrogen) atoms. The summed E-state index contributed by atoms with van der Waals surface area (Å²) in [5.41, 5.74) is 0. The van der Waals surface area contributed by atoms with Crippen LogP contribution in [0.25, 0.3) is 0 Å². The van der Waals surface area contributed by atoms with Gasteiger partial charge in [-0.3, -0.25) is 0 Å².